The van der Waals surface area contributed by atoms with Crippen LogP contribution in [0.5, 0.6) is 11.5 Å². The summed E-state index contributed by atoms with van der Waals surface area (Å²) in [6, 6.07) is 3.34. The number of primary amides is 1. The van der Waals surface area contributed by atoms with Crippen LogP contribution in [0, 0.1) is 6.92 Å². The minimum absolute atomic E-state index is 0.318. The first-order valence-electron chi connectivity index (χ1n) is 6.08. The quantitative estimate of drug-likeness (QED) is 0.855. The summed E-state index contributed by atoms with van der Waals surface area (Å²) in [5.41, 5.74) is 6.77. The fourth-order valence-electron chi connectivity index (χ4n) is 1.98. The summed E-state index contributed by atoms with van der Waals surface area (Å²) in [6.45, 7) is 6.40. The fourth-order valence-corrected chi connectivity index (χ4v) is 1.98. The van der Waals surface area contributed by atoms with Crippen LogP contribution >= 0.6 is 0 Å². The van der Waals surface area contributed by atoms with Crippen LogP contribution in [0.4, 0.5) is 4.79 Å². The molecule has 0 saturated carbocycles. The van der Waals surface area contributed by atoms with Gasteiger partial charge >= 0.3 is 6.03 Å². The number of hydrogen-bond acceptors (Lipinski definition) is 3. The van der Waals surface area contributed by atoms with Gasteiger partial charge in [-0.3, -0.25) is 0 Å². The fraction of sp³-hybridized carbons (Fsp3) is 0.500. The predicted octanol–water partition coefficient (Wildman–Crippen LogP) is 1.96. The Morgan fingerprint density at radius 1 is 1.26 bits per heavy atom. The van der Waals surface area contributed by atoms with E-state index in [9.17, 15) is 4.79 Å². The molecule has 0 unspecified atom stereocenters. The van der Waals surface area contributed by atoms with Gasteiger partial charge in [0.2, 0.25) is 0 Å². The Bertz CT molecular complexity index is 470. The minimum Gasteiger partial charge on any atom is -0.496 e. The maximum atomic E-state index is 10.9. The van der Waals surface area contributed by atoms with E-state index in [0.717, 1.165) is 22.6 Å². The molecule has 0 fully saturated rings. The first kappa shape index (κ1) is 15.1. The molecular formula is C14H22N2O3. The van der Waals surface area contributed by atoms with Gasteiger partial charge in [0.05, 0.1) is 14.2 Å². The molecular weight excluding hydrogens is 244 g/mol. The van der Waals surface area contributed by atoms with Gasteiger partial charge in [-0.25, -0.2) is 4.79 Å². The number of nitrogens with one attached hydrogen (secondary N) is 1. The van der Waals surface area contributed by atoms with Crippen molar-refractivity contribution in [2.45, 2.75) is 26.2 Å². The molecule has 0 aliphatic rings. The number of amides is 2. The number of carbonyl (C=O) groups excluding carboxylic acids is 1. The highest BCUT2D eigenvalue weighted by Crippen LogP contribution is 2.36. The number of rotatable bonds is 5. The van der Waals surface area contributed by atoms with Crippen molar-refractivity contribution in [2.75, 3.05) is 20.8 Å². The molecule has 0 spiro atoms. The number of nitrogens with two attached hydrogens (primary N) is 1. The number of benzene rings is 1. The summed E-state index contributed by atoms with van der Waals surface area (Å²) in [4.78, 5) is 10.9. The highest BCUT2D eigenvalue weighted by atomic mass is 16.5. The van der Waals surface area contributed by atoms with E-state index >= 15 is 0 Å². The van der Waals surface area contributed by atoms with Crippen molar-refractivity contribution >= 4 is 6.03 Å². The van der Waals surface area contributed by atoms with Crippen LogP contribution < -0.4 is 20.5 Å². The molecule has 1 rings (SSSR count). The average Bonchev–Trinajstić information content (AvgIpc) is 2.35. The molecule has 3 N–H and O–H groups in total. The van der Waals surface area contributed by atoms with Crippen LogP contribution in [0.25, 0.3) is 0 Å². The first-order chi connectivity index (χ1) is 8.81. The van der Waals surface area contributed by atoms with Gasteiger partial charge in [-0.2, -0.15) is 0 Å². The molecule has 5 heteroatoms. The van der Waals surface area contributed by atoms with Gasteiger partial charge in [0.25, 0.3) is 0 Å². The number of urea groups is 1. The third-order valence-electron chi connectivity index (χ3n) is 3.15. The van der Waals surface area contributed by atoms with Crippen molar-refractivity contribution in [3.8, 4) is 11.5 Å². The Kier molecular flexibility index (Phi) is 4.64. The number of ether oxygens (including phenoxy) is 2. The molecule has 1 aromatic carbocycles. The lowest BCUT2D eigenvalue weighted by molar-refractivity contribution is 0.246. The lowest BCUT2D eigenvalue weighted by atomic mass is 9.83. The van der Waals surface area contributed by atoms with Gasteiger partial charge in [-0.1, -0.05) is 13.8 Å². The molecule has 0 heterocycles. The molecule has 19 heavy (non-hydrogen) atoms. The van der Waals surface area contributed by atoms with Crippen molar-refractivity contribution < 1.29 is 14.3 Å². The Balaban J connectivity index is 3.19. The monoisotopic (exact) mass is 266 g/mol. The van der Waals surface area contributed by atoms with Crippen LogP contribution in [0.2, 0.25) is 0 Å². The molecule has 0 atom stereocenters. The summed E-state index contributed by atoms with van der Waals surface area (Å²) in [5.74, 6) is 1.57. The van der Waals surface area contributed by atoms with Crippen molar-refractivity contribution in [2.24, 2.45) is 5.73 Å². The van der Waals surface area contributed by atoms with Crippen LogP contribution in [-0.4, -0.2) is 26.8 Å². The Hall–Kier alpha value is -1.91. The average molecular weight is 266 g/mol. The van der Waals surface area contributed by atoms with Gasteiger partial charge in [-0.15, -0.1) is 0 Å². The standard InChI is InChI=1S/C14H22N2O3/c1-9-6-12(19-5)10(7-11(9)18-4)14(2,3)8-16-13(15)17/h6-7H,8H2,1-5H3,(H3,15,16,17). The summed E-state index contributed by atoms with van der Waals surface area (Å²) in [6.07, 6.45) is 0. The van der Waals surface area contributed by atoms with E-state index in [-0.39, 0.29) is 5.41 Å². The number of methoxy groups -OCH3 is 2. The highest BCUT2D eigenvalue weighted by molar-refractivity contribution is 5.71. The summed E-state index contributed by atoms with van der Waals surface area (Å²) < 4.78 is 10.8. The maximum Gasteiger partial charge on any atom is 0.312 e. The van der Waals surface area contributed by atoms with Crippen LogP contribution in [0.3, 0.4) is 0 Å². The van der Waals surface area contributed by atoms with E-state index in [1.807, 2.05) is 32.9 Å². The Morgan fingerprint density at radius 2 is 1.84 bits per heavy atom. The third kappa shape index (κ3) is 3.53. The normalized spacial score (nSPS) is 11.0. The lowest BCUT2D eigenvalue weighted by Crippen LogP contribution is -2.39. The van der Waals surface area contributed by atoms with Crippen molar-refractivity contribution in [3.63, 3.8) is 0 Å². The van der Waals surface area contributed by atoms with Gasteiger partial charge in [-0.05, 0) is 24.6 Å². The molecule has 5 nitrogen and oxygen atoms in total. The van der Waals surface area contributed by atoms with E-state index < -0.39 is 6.03 Å². The van der Waals surface area contributed by atoms with Crippen LogP contribution in [-0.2, 0) is 5.41 Å². The minimum atomic E-state index is -0.536. The topological polar surface area (TPSA) is 73.6 Å². The van der Waals surface area contributed by atoms with Gasteiger partial charge in [0, 0.05) is 17.5 Å². The molecule has 1 aromatic rings. The van der Waals surface area contributed by atoms with Crippen molar-refractivity contribution in [1.29, 1.82) is 0 Å². The van der Waals surface area contributed by atoms with Crippen molar-refractivity contribution in [3.05, 3.63) is 23.3 Å². The van der Waals surface area contributed by atoms with Gasteiger partial charge < -0.3 is 20.5 Å². The zero-order valence-electron chi connectivity index (χ0n) is 12.2. The van der Waals surface area contributed by atoms with E-state index in [1.165, 1.54) is 0 Å². The zero-order valence-corrected chi connectivity index (χ0v) is 12.2. The predicted molar refractivity (Wildman–Crippen MR) is 74.9 cm³/mol. The van der Waals surface area contributed by atoms with E-state index in [2.05, 4.69) is 5.32 Å². The largest absolute Gasteiger partial charge is 0.496 e. The van der Waals surface area contributed by atoms with Crippen LogP contribution in [0.1, 0.15) is 25.0 Å². The van der Waals surface area contributed by atoms with E-state index in [1.54, 1.807) is 14.2 Å². The lowest BCUT2D eigenvalue weighted by Gasteiger charge is -2.28. The molecule has 0 aliphatic heterocycles. The SMILES string of the molecule is COc1cc(C(C)(C)CNC(N)=O)c(OC)cc1C. The second-order valence-electron chi connectivity index (χ2n) is 5.12. The first-order valence-corrected chi connectivity index (χ1v) is 6.08. The summed E-state index contributed by atoms with van der Waals surface area (Å²) in [7, 11) is 3.26. The molecule has 106 valence electrons. The Morgan fingerprint density at radius 3 is 2.32 bits per heavy atom. The molecule has 0 bridgehead atoms. The summed E-state index contributed by atoms with van der Waals surface area (Å²) in [5, 5.41) is 2.63. The third-order valence-corrected chi connectivity index (χ3v) is 3.15. The van der Waals surface area contributed by atoms with Gasteiger partial charge in [0.1, 0.15) is 11.5 Å². The van der Waals surface area contributed by atoms with Gasteiger partial charge in [0.15, 0.2) is 0 Å². The molecule has 0 radical (unpaired) electrons. The second kappa shape index (κ2) is 5.82. The highest BCUT2D eigenvalue weighted by Gasteiger charge is 2.26. The second-order valence-corrected chi connectivity index (χ2v) is 5.12. The number of carbonyl (C=O) groups is 1. The molecule has 0 saturated heterocycles. The molecule has 2 amide bonds. The maximum absolute atomic E-state index is 10.9. The number of hydrogen-bond donors (Lipinski definition) is 2. The smallest absolute Gasteiger partial charge is 0.312 e. The molecule has 0 aromatic heterocycles. The summed E-state index contributed by atoms with van der Waals surface area (Å²) >= 11 is 0. The molecule has 0 aliphatic carbocycles. The van der Waals surface area contributed by atoms with E-state index in [0.29, 0.717) is 6.54 Å². The number of aryl methyl sites for hydroxylation is 1. The Labute approximate surface area is 114 Å². The van der Waals surface area contributed by atoms with E-state index in [4.69, 9.17) is 15.2 Å². The zero-order chi connectivity index (χ0) is 14.6. The van der Waals surface area contributed by atoms with Crippen LogP contribution in [0.15, 0.2) is 12.1 Å². The van der Waals surface area contributed by atoms with Crippen molar-refractivity contribution in [1.82, 2.24) is 5.32 Å².